The zero-order valence-electron chi connectivity index (χ0n) is 30.1. The van der Waals surface area contributed by atoms with Crippen molar-refractivity contribution in [2.24, 2.45) is 28.6 Å². The van der Waals surface area contributed by atoms with E-state index < -0.39 is 35.5 Å². The van der Waals surface area contributed by atoms with Gasteiger partial charge in [0.2, 0.25) is 5.78 Å². The summed E-state index contributed by atoms with van der Waals surface area (Å²) < 4.78 is 11.9. The molecular weight excluding hydrogens is 733 g/mol. The number of ketones is 2. The van der Waals surface area contributed by atoms with Crippen LogP contribution >= 0.6 is 34.8 Å². The van der Waals surface area contributed by atoms with Crippen LogP contribution in [0.1, 0.15) is 79.1 Å². The number of nitrogens with zero attached hydrogens (tertiary/aromatic N) is 3. The summed E-state index contributed by atoms with van der Waals surface area (Å²) in [5.41, 5.74) is -1.36. The largest absolute Gasteiger partial charge is 0.489 e. The fourth-order valence-electron chi connectivity index (χ4n) is 9.47. The number of hydrogen-bond acceptors (Lipinski definition) is 9. The van der Waals surface area contributed by atoms with Crippen LogP contribution in [0.5, 0.6) is 5.75 Å². The molecule has 14 heteroatoms. The van der Waals surface area contributed by atoms with Gasteiger partial charge in [-0.15, -0.1) is 0 Å². The summed E-state index contributed by atoms with van der Waals surface area (Å²) in [7, 11) is 0. The topological polar surface area (TPSA) is 148 Å². The quantitative estimate of drug-likeness (QED) is 0.258. The van der Waals surface area contributed by atoms with Crippen LogP contribution in [0.15, 0.2) is 42.5 Å². The Labute approximate surface area is 319 Å². The van der Waals surface area contributed by atoms with E-state index in [9.17, 15) is 29.4 Å². The van der Waals surface area contributed by atoms with Crippen molar-refractivity contribution in [3.8, 4) is 5.75 Å². The number of carbonyl (C=O) groups is 4. The lowest BCUT2D eigenvalue weighted by molar-refractivity contribution is -0.184. The van der Waals surface area contributed by atoms with Crippen LogP contribution in [0.4, 0.5) is 4.79 Å². The number of esters is 1. The van der Waals surface area contributed by atoms with E-state index in [1.54, 1.807) is 35.5 Å². The predicted molar refractivity (Wildman–Crippen MR) is 197 cm³/mol. The van der Waals surface area contributed by atoms with E-state index in [4.69, 9.17) is 44.3 Å². The fourth-order valence-corrected chi connectivity index (χ4v) is 10.4. The summed E-state index contributed by atoms with van der Waals surface area (Å²) in [6, 6.07) is 2.97. The first-order valence-corrected chi connectivity index (χ1v) is 19.0. The first-order chi connectivity index (χ1) is 24.6. The molecule has 3 saturated carbocycles. The first-order valence-electron chi connectivity index (χ1n) is 17.9. The Kier molecular flexibility index (Phi) is 12.5. The monoisotopic (exact) mass is 779 g/mol. The second kappa shape index (κ2) is 16.2. The Morgan fingerprint density at radius 2 is 1.79 bits per heavy atom. The van der Waals surface area contributed by atoms with E-state index in [1.807, 2.05) is 13.8 Å². The molecule has 0 saturated heterocycles. The molecule has 0 radical (unpaired) electrons. The van der Waals surface area contributed by atoms with Crippen LogP contribution in [-0.2, 0) is 19.1 Å². The first kappa shape index (κ1) is 40.2. The van der Waals surface area contributed by atoms with Crippen LogP contribution < -0.4 is 4.74 Å². The molecule has 2 aromatic rings. The van der Waals surface area contributed by atoms with Crippen LogP contribution in [-0.4, -0.2) is 86.2 Å². The molecule has 3 fully saturated rings. The average molecular weight is 781 g/mol. The third-order valence-electron chi connectivity index (χ3n) is 12.0. The minimum Gasteiger partial charge on any atom is -0.489 e. The van der Waals surface area contributed by atoms with Crippen molar-refractivity contribution < 1.29 is 38.9 Å². The summed E-state index contributed by atoms with van der Waals surface area (Å²) >= 11 is 18.0. The van der Waals surface area contributed by atoms with Crippen molar-refractivity contribution in [3.63, 3.8) is 0 Å². The highest BCUT2D eigenvalue weighted by atomic mass is 35.5. The van der Waals surface area contributed by atoms with Gasteiger partial charge >= 0.3 is 12.0 Å². The van der Waals surface area contributed by atoms with Gasteiger partial charge in [-0.3, -0.25) is 19.0 Å². The SMILES string of the molecule is CC(=O)OCC(=O)[C@@]1(O)CC[C@H]2[C@@H]3CCC4=CC(=O)CC[C@]4(C)[C@H]3[C@@H](O)C[C@@]21C.CCCN(CCOc1c(Cl)cc(Cl)cc1Cl)C(=O)n1ccnc1. The van der Waals surface area contributed by atoms with Crippen molar-refractivity contribution >= 4 is 58.4 Å². The van der Waals surface area contributed by atoms with Crippen molar-refractivity contribution in [2.75, 3.05) is 26.3 Å². The van der Waals surface area contributed by atoms with Gasteiger partial charge in [0, 0.05) is 42.7 Å². The minimum atomic E-state index is -1.58. The van der Waals surface area contributed by atoms with Gasteiger partial charge in [-0.1, -0.05) is 61.1 Å². The molecular formula is C38H48Cl3N3O8. The highest BCUT2D eigenvalue weighted by Gasteiger charge is 2.68. The molecule has 4 aliphatic carbocycles. The summed E-state index contributed by atoms with van der Waals surface area (Å²) in [6.45, 7) is 8.21. The van der Waals surface area contributed by atoms with Gasteiger partial charge in [0.25, 0.3) is 0 Å². The van der Waals surface area contributed by atoms with Gasteiger partial charge in [-0.25, -0.2) is 9.78 Å². The fraction of sp³-hybridized carbons (Fsp3) is 0.605. The van der Waals surface area contributed by atoms with Crippen LogP contribution in [0.2, 0.25) is 15.1 Å². The third kappa shape index (κ3) is 7.80. The lowest BCUT2D eigenvalue weighted by Gasteiger charge is -2.60. The van der Waals surface area contributed by atoms with E-state index in [0.29, 0.717) is 53.2 Å². The van der Waals surface area contributed by atoms with Crippen molar-refractivity contribution in [1.29, 1.82) is 0 Å². The molecule has 1 aromatic heterocycles. The van der Waals surface area contributed by atoms with Crippen LogP contribution in [0.3, 0.4) is 0 Å². The summed E-state index contributed by atoms with van der Waals surface area (Å²) in [4.78, 5) is 53.9. The predicted octanol–water partition coefficient (Wildman–Crippen LogP) is 6.95. The highest BCUT2D eigenvalue weighted by Crippen LogP contribution is 2.67. The normalized spacial score (nSPS) is 30.5. The number of Topliss-reactive ketones (excluding diaryl/α,β-unsaturated/α-hetero) is 1. The summed E-state index contributed by atoms with van der Waals surface area (Å²) in [6.07, 6.45) is 11.0. The Bertz CT molecular complexity index is 1680. The highest BCUT2D eigenvalue weighted by molar-refractivity contribution is 6.40. The molecule has 7 atom stereocenters. The molecule has 11 nitrogen and oxygen atoms in total. The standard InChI is InChI=1S/C23H32O6.C15H16Cl3N3O2/c1-13(24)29-12-19(27)23(28)9-7-17-16-5-4-14-10-15(25)6-8-21(14,2)20(16)18(26)11-22(17,23)3;1-2-4-20(15(22)21-5-3-19-10-21)6-7-23-14-12(17)8-11(16)9-13(14)18/h10,16-18,20,26,28H,4-9,11-12H2,1-3H3;3,5,8-10H,2,4,6-7H2,1H3/t16-,17-,18-,20+,21-,22-,23-;/m0./s1. The maximum atomic E-state index is 12.9. The molecule has 6 rings (SSSR count). The molecule has 0 spiro atoms. The second-order valence-corrected chi connectivity index (χ2v) is 16.2. The van der Waals surface area contributed by atoms with Gasteiger partial charge in [-0.2, -0.15) is 0 Å². The molecule has 0 unspecified atom stereocenters. The Morgan fingerprint density at radius 1 is 1.08 bits per heavy atom. The number of hydrogen-bond donors (Lipinski definition) is 2. The van der Waals surface area contributed by atoms with Crippen molar-refractivity contribution in [1.82, 2.24) is 14.5 Å². The molecule has 4 aliphatic rings. The number of aliphatic hydroxyl groups excluding tert-OH is 1. The number of amides is 1. The van der Waals surface area contributed by atoms with E-state index in [-0.39, 0.29) is 41.6 Å². The minimum absolute atomic E-state index is 0.0413. The van der Waals surface area contributed by atoms with Gasteiger partial charge < -0.3 is 24.6 Å². The van der Waals surface area contributed by atoms with Crippen molar-refractivity contribution in [2.45, 2.75) is 90.8 Å². The van der Waals surface area contributed by atoms with E-state index >= 15 is 0 Å². The molecule has 1 aromatic carbocycles. The smallest absolute Gasteiger partial charge is 0.329 e. The van der Waals surface area contributed by atoms with Gasteiger partial charge in [0.05, 0.1) is 22.7 Å². The number of ether oxygens (including phenoxy) is 2. The molecule has 2 N–H and O–H groups in total. The second-order valence-electron chi connectivity index (χ2n) is 15.0. The van der Waals surface area contributed by atoms with E-state index in [2.05, 4.69) is 11.9 Å². The lowest BCUT2D eigenvalue weighted by Crippen LogP contribution is -2.62. The third-order valence-corrected chi connectivity index (χ3v) is 12.8. The summed E-state index contributed by atoms with van der Waals surface area (Å²) in [5.74, 6) is -0.0972. The zero-order valence-corrected chi connectivity index (χ0v) is 32.3. The molecule has 0 aliphatic heterocycles. The maximum absolute atomic E-state index is 12.9. The molecule has 0 bridgehead atoms. The number of aromatic nitrogens is 2. The molecule has 284 valence electrons. The number of fused-ring (bicyclic) bond motifs is 5. The Hall–Kier alpha value is -2.96. The number of imidazole rings is 1. The lowest BCUT2D eigenvalue weighted by atomic mass is 9.45. The molecule has 1 amide bonds. The number of rotatable bonds is 9. The Balaban J connectivity index is 0.000000207. The average Bonchev–Trinajstić information content (AvgIpc) is 3.71. The number of benzene rings is 1. The molecule has 52 heavy (non-hydrogen) atoms. The van der Waals surface area contributed by atoms with Crippen LogP contribution in [0.25, 0.3) is 0 Å². The number of halogens is 3. The van der Waals surface area contributed by atoms with Gasteiger partial charge in [0.1, 0.15) is 18.5 Å². The number of aliphatic hydroxyl groups is 2. The summed E-state index contributed by atoms with van der Waals surface area (Å²) in [5, 5.41) is 23.9. The molecule has 1 heterocycles. The Morgan fingerprint density at radius 3 is 2.42 bits per heavy atom. The van der Waals surface area contributed by atoms with Gasteiger partial charge in [0.15, 0.2) is 18.1 Å². The van der Waals surface area contributed by atoms with Gasteiger partial charge in [-0.05, 0) is 86.3 Å². The van der Waals surface area contributed by atoms with Crippen LogP contribution in [0, 0.1) is 28.6 Å². The van der Waals surface area contributed by atoms with E-state index in [1.165, 1.54) is 17.8 Å². The van der Waals surface area contributed by atoms with E-state index in [0.717, 1.165) is 37.7 Å². The zero-order chi connectivity index (χ0) is 38.0. The number of allylic oxidation sites excluding steroid dienone is 1. The maximum Gasteiger partial charge on any atom is 0.329 e. The van der Waals surface area contributed by atoms with Crippen molar-refractivity contribution in [3.05, 3.63) is 57.6 Å². The number of carbonyl (C=O) groups excluding carboxylic acids is 4.